The third kappa shape index (κ3) is 9.72. The van der Waals surface area contributed by atoms with E-state index in [1.165, 1.54) is 23.8 Å². The topological polar surface area (TPSA) is 82.0 Å². The lowest BCUT2D eigenvalue weighted by atomic mass is 10.1. The summed E-state index contributed by atoms with van der Waals surface area (Å²) in [6.45, 7) is -3.48. The number of rotatable bonds is 16. The molecule has 2 aromatic carbocycles. The van der Waals surface area contributed by atoms with Crippen molar-refractivity contribution in [2.75, 3.05) is 26.2 Å². The second-order valence-electron chi connectivity index (χ2n) is 7.26. The minimum absolute atomic E-state index is 0.0322. The van der Waals surface area contributed by atoms with E-state index in [9.17, 15) is 15.3 Å². The SMILES string of the molecule is [2H]C([2H])(CCCCC([2H])([2H])OCCCCc1ccccc1)NCC(O)c1ccc(O)c(CO)c1. The minimum Gasteiger partial charge on any atom is -0.508 e. The van der Waals surface area contributed by atoms with Gasteiger partial charge in [0.25, 0.3) is 0 Å². The molecule has 0 amide bonds. The van der Waals surface area contributed by atoms with Crippen molar-refractivity contribution in [3.63, 3.8) is 0 Å². The molecule has 5 nitrogen and oxygen atoms in total. The van der Waals surface area contributed by atoms with Crippen LogP contribution in [0.5, 0.6) is 5.75 Å². The number of hydrogen-bond donors (Lipinski definition) is 4. The van der Waals surface area contributed by atoms with Crippen molar-refractivity contribution in [3.05, 3.63) is 65.2 Å². The van der Waals surface area contributed by atoms with Crippen LogP contribution in [-0.2, 0) is 17.8 Å². The van der Waals surface area contributed by atoms with Gasteiger partial charge in [0.1, 0.15) is 5.75 Å². The van der Waals surface area contributed by atoms with E-state index in [0.29, 0.717) is 30.6 Å². The summed E-state index contributed by atoms with van der Waals surface area (Å²) in [5, 5.41) is 31.8. The molecule has 30 heavy (non-hydrogen) atoms. The van der Waals surface area contributed by atoms with E-state index in [4.69, 9.17) is 10.2 Å². The predicted octanol–water partition coefficient (Wildman–Crippen LogP) is 4.11. The van der Waals surface area contributed by atoms with Gasteiger partial charge in [0, 0.05) is 28.0 Å². The van der Waals surface area contributed by atoms with Crippen LogP contribution in [-0.4, -0.2) is 41.5 Å². The smallest absolute Gasteiger partial charge is 0.121 e. The quantitative estimate of drug-likeness (QED) is 0.308. The van der Waals surface area contributed by atoms with Crippen LogP contribution in [0, 0.1) is 0 Å². The van der Waals surface area contributed by atoms with Crippen LogP contribution in [0.3, 0.4) is 0 Å². The number of aliphatic hydroxyl groups is 2. The van der Waals surface area contributed by atoms with Crippen LogP contribution in [0.4, 0.5) is 0 Å². The molecular formula is C25H37NO4. The summed E-state index contributed by atoms with van der Waals surface area (Å²) in [6.07, 6.45) is 2.99. The third-order valence-electron chi connectivity index (χ3n) is 4.82. The van der Waals surface area contributed by atoms with E-state index in [0.717, 1.165) is 19.3 Å². The zero-order valence-electron chi connectivity index (χ0n) is 21.5. The molecule has 5 heteroatoms. The lowest BCUT2D eigenvalue weighted by Gasteiger charge is -2.14. The van der Waals surface area contributed by atoms with Gasteiger partial charge in [0.05, 0.1) is 15.5 Å². The number of unbranched alkanes of at least 4 members (excludes halogenated alkanes) is 2. The first-order valence-electron chi connectivity index (χ1n) is 12.7. The molecule has 0 fully saturated rings. The molecule has 0 saturated carbocycles. The van der Waals surface area contributed by atoms with Crippen LogP contribution < -0.4 is 5.32 Å². The molecule has 0 saturated heterocycles. The lowest BCUT2D eigenvalue weighted by molar-refractivity contribution is 0.126. The van der Waals surface area contributed by atoms with E-state index in [-0.39, 0.29) is 31.7 Å². The summed E-state index contributed by atoms with van der Waals surface area (Å²) in [4.78, 5) is 0. The largest absolute Gasteiger partial charge is 0.508 e. The fourth-order valence-electron chi connectivity index (χ4n) is 3.02. The van der Waals surface area contributed by atoms with Gasteiger partial charge in [-0.3, -0.25) is 0 Å². The monoisotopic (exact) mass is 419 g/mol. The minimum atomic E-state index is -1.73. The molecule has 0 aliphatic carbocycles. The van der Waals surface area contributed by atoms with Crippen molar-refractivity contribution < 1.29 is 25.5 Å². The summed E-state index contributed by atoms with van der Waals surface area (Å²) in [5.74, 6) is -0.0576. The normalized spacial score (nSPS) is 15.1. The lowest BCUT2D eigenvalue weighted by Crippen LogP contribution is -2.22. The molecule has 2 aromatic rings. The molecule has 1 atom stereocenters. The van der Waals surface area contributed by atoms with Crippen molar-refractivity contribution in [2.24, 2.45) is 0 Å². The summed E-state index contributed by atoms with van der Waals surface area (Å²) < 4.78 is 37.6. The highest BCUT2D eigenvalue weighted by Gasteiger charge is 2.09. The maximum atomic E-state index is 10.3. The second kappa shape index (κ2) is 15.0. The Morgan fingerprint density at radius 1 is 0.967 bits per heavy atom. The highest BCUT2D eigenvalue weighted by Crippen LogP contribution is 2.22. The molecule has 166 valence electrons. The Labute approximate surface area is 186 Å². The van der Waals surface area contributed by atoms with E-state index >= 15 is 0 Å². The zero-order chi connectivity index (χ0) is 25.0. The molecule has 0 radical (unpaired) electrons. The Hall–Kier alpha value is -1.92. The number of nitrogens with one attached hydrogen (secondary N) is 1. The maximum Gasteiger partial charge on any atom is 0.121 e. The summed E-state index contributed by atoms with van der Waals surface area (Å²) in [7, 11) is 0. The Morgan fingerprint density at radius 2 is 1.77 bits per heavy atom. The number of aliphatic hydroxyl groups excluding tert-OH is 2. The molecule has 2 rings (SSSR count). The molecule has 0 aliphatic heterocycles. The molecule has 0 spiro atoms. The number of aromatic hydroxyl groups is 1. The fraction of sp³-hybridized carbons (Fsp3) is 0.520. The highest BCUT2D eigenvalue weighted by atomic mass is 16.5. The molecule has 1 unspecified atom stereocenters. The first-order valence-corrected chi connectivity index (χ1v) is 10.7. The Bertz CT molecular complexity index is 852. The number of ether oxygens (including phenoxy) is 1. The second-order valence-corrected chi connectivity index (χ2v) is 7.26. The third-order valence-corrected chi connectivity index (χ3v) is 4.82. The zero-order valence-corrected chi connectivity index (χ0v) is 17.5. The molecule has 0 aromatic heterocycles. The standard InChI is InChI=1S/C25H37NO4/c27-20-23-18-22(13-14-24(23)28)25(29)19-26-15-7-1-2-8-16-30-17-9-6-12-21-10-4-3-5-11-21/h3-5,10-11,13-14,18,25-29H,1-2,6-9,12,15-17,19-20H2/i15D2,16D2. The van der Waals surface area contributed by atoms with Crippen LogP contribution in [0.15, 0.2) is 48.5 Å². The van der Waals surface area contributed by atoms with Crippen LogP contribution in [0.25, 0.3) is 0 Å². The molecule has 0 bridgehead atoms. The summed E-state index contributed by atoms with van der Waals surface area (Å²) >= 11 is 0. The van der Waals surface area contributed by atoms with Crippen molar-refractivity contribution >= 4 is 0 Å². The predicted molar refractivity (Wildman–Crippen MR) is 121 cm³/mol. The van der Waals surface area contributed by atoms with E-state index in [2.05, 4.69) is 17.4 Å². The van der Waals surface area contributed by atoms with Gasteiger partial charge in [-0.15, -0.1) is 0 Å². The average Bonchev–Trinajstić information content (AvgIpc) is 2.81. The molecular weight excluding hydrogens is 378 g/mol. The molecule has 4 N–H and O–H groups in total. The Balaban J connectivity index is 1.61. The maximum absolute atomic E-state index is 10.3. The number of aryl methyl sites for hydroxylation is 1. The first kappa shape index (κ1) is 18.8. The molecule has 0 aliphatic rings. The fourth-order valence-corrected chi connectivity index (χ4v) is 3.02. The van der Waals surface area contributed by atoms with Gasteiger partial charge in [-0.2, -0.15) is 0 Å². The van der Waals surface area contributed by atoms with Crippen LogP contribution >= 0.6 is 0 Å². The first-order chi connectivity index (χ1) is 16.1. The number of benzene rings is 2. The van der Waals surface area contributed by atoms with E-state index < -0.39 is 19.2 Å². The van der Waals surface area contributed by atoms with Gasteiger partial charge in [-0.05, 0) is 61.9 Å². The highest BCUT2D eigenvalue weighted by molar-refractivity contribution is 5.36. The summed E-state index contributed by atoms with van der Waals surface area (Å²) in [6, 6.07) is 14.6. The van der Waals surface area contributed by atoms with Gasteiger partial charge < -0.3 is 25.4 Å². The number of hydrogen-bond acceptors (Lipinski definition) is 5. The Morgan fingerprint density at radius 3 is 2.57 bits per heavy atom. The van der Waals surface area contributed by atoms with Crippen molar-refractivity contribution in [3.8, 4) is 5.75 Å². The summed E-state index contributed by atoms with van der Waals surface area (Å²) in [5.41, 5.74) is 2.03. The van der Waals surface area contributed by atoms with Gasteiger partial charge in [-0.1, -0.05) is 49.2 Å². The van der Waals surface area contributed by atoms with E-state index in [1.54, 1.807) is 0 Å². The number of phenols is 1. The van der Waals surface area contributed by atoms with Gasteiger partial charge in [0.15, 0.2) is 0 Å². The van der Waals surface area contributed by atoms with Gasteiger partial charge >= 0.3 is 0 Å². The van der Waals surface area contributed by atoms with Crippen LogP contribution in [0.2, 0.25) is 0 Å². The van der Waals surface area contributed by atoms with Crippen molar-refractivity contribution in [1.29, 1.82) is 0 Å². The van der Waals surface area contributed by atoms with Crippen molar-refractivity contribution in [1.82, 2.24) is 5.32 Å². The van der Waals surface area contributed by atoms with Crippen molar-refractivity contribution in [2.45, 2.75) is 57.7 Å². The van der Waals surface area contributed by atoms with Crippen LogP contribution in [0.1, 0.15) is 66.8 Å². The van der Waals surface area contributed by atoms with E-state index in [1.807, 2.05) is 18.2 Å². The van der Waals surface area contributed by atoms with Gasteiger partial charge in [-0.25, -0.2) is 0 Å². The van der Waals surface area contributed by atoms with Gasteiger partial charge in [0.2, 0.25) is 0 Å². The Kier molecular flexibility index (Phi) is 9.39. The average molecular weight is 420 g/mol. The molecule has 0 heterocycles.